The van der Waals surface area contributed by atoms with Crippen LogP contribution in [0.25, 0.3) is 0 Å². The average molecular weight is 184 g/mol. The first-order valence-corrected chi connectivity index (χ1v) is 5.87. The lowest BCUT2D eigenvalue weighted by Crippen LogP contribution is -2.32. The maximum atomic E-state index is 2.46. The molecule has 0 heterocycles. The highest BCUT2D eigenvalue weighted by Gasteiger charge is 2.35. The van der Waals surface area contributed by atoms with Gasteiger partial charge in [0.2, 0.25) is 0 Å². The Hall–Kier alpha value is 0. The third-order valence-electron chi connectivity index (χ3n) is 3.69. The van der Waals surface area contributed by atoms with Gasteiger partial charge < -0.3 is 0 Å². The smallest absolute Gasteiger partial charge is 0.0277 e. The molecule has 0 nitrogen and oxygen atoms in total. The molecule has 0 fully saturated rings. The van der Waals surface area contributed by atoms with Gasteiger partial charge >= 0.3 is 0 Å². The first-order valence-electron chi connectivity index (χ1n) is 5.87. The van der Waals surface area contributed by atoms with Gasteiger partial charge in [0.1, 0.15) is 0 Å². The molecule has 0 radical (unpaired) electrons. The Kier molecular flexibility index (Phi) is 5.02. The van der Waals surface area contributed by atoms with Crippen LogP contribution in [0.4, 0.5) is 0 Å². The van der Waals surface area contributed by atoms with Gasteiger partial charge in [-0.2, -0.15) is 0 Å². The van der Waals surface area contributed by atoms with E-state index in [2.05, 4.69) is 41.5 Å². The van der Waals surface area contributed by atoms with E-state index in [4.69, 9.17) is 0 Å². The Balaban J connectivity index is 4.34. The molecule has 1 unspecified atom stereocenters. The monoisotopic (exact) mass is 184 g/mol. The average Bonchev–Trinajstić information content (AvgIpc) is 1.99. The summed E-state index contributed by atoms with van der Waals surface area (Å²) >= 11 is 0. The molecule has 0 heteroatoms. The second-order valence-electron chi connectivity index (χ2n) is 5.66. The third-order valence-corrected chi connectivity index (χ3v) is 3.69. The van der Waals surface area contributed by atoms with Crippen molar-refractivity contribution in [3.8, 4) is 0 Å². The molecule has 0 aromatic heterocycles. The fourth-order valence-corrected chi connectivity index (χ4v) is 1.99. The van der Waals surface area contributed by atoms with E-state index < -0.39 is 0 Å². The summed E-state index contributed by atoms with van der Waals surface area (Å²) in [7, 11) is 0. The number of rotatable bonds is 5. The molecule has 13 heavy (non-hydrogen) atoms. The first-order chi connectivity index (χ1) is 5.87. The lowest BCUT2D eigenvalue weighted by atomic mass is 9.63. The zero-order valence-electron chi connectivity index (χ0n) is 10.5. The predicted molar refractivity (Wildman–Crippen MR) is 62.0 cm³/mol. The van der Waals surface area contributed by atoms with Gasteiger partial charge in [0.25, 0.3) is 0 Å². The molecule has 0 saturated carbocycles. The van der Waals surface area contributed by atoms with Gasteiger partial charge in [-0.05, 0) is 23.7 Å². The van der Waals surface area contributed by atoms with Gasteiger partial charge in [-0.15, -0.1) is 0 Å². The molecule has 0 rings (SSSR count). The summed E-state index contributed by atoms with van der Waals surface area (Å²) in [6.07, 6.45) is 6.79. The summed E-state index contributed by atoms with van der Waals surface area (Å²) in [4.78, 5) is 0. The van der Waals surface area contributed by atoms with E-state index in [1.54, 1.807) is 0 Å². The van der Waals surface area contributed by atoms with Gasteiger partial charge in [-0.3, -0.25) is 0 Å². The molecule has 0 aliphatic heterocycles. The quantitative estimate of drug-likeness (QED) is 0.562. The van der Waals surface area contributed by atoms with E-state index in [0.29, 0.717) is 10.8 Å². The lowest BCUT2D eigenvalue weighted by Gasteiger charge is -2.42. The molecule has 0 amide bonds. The highest BCUT2D eigenvalue weighted by Crippen LogP contribution is 2.45. The van der Waals surface area contributed by atoms with Crippen molar-refractivity contribution in [2.75, 3.05) is 0 Å². The fraction of sp³-hybridized carbons (Fsp3) is 1.00. The van der Waals surface area contributed by atoms with Crippen LogP contribution in [-0.2, 0) is 0 Å². The highest BCUT2D eigenvalue weighted by atomic mass is 14.4. The molecule has 0 spiro atoms. The summed E-state index contributed by atoms with van der Waals surface area (Å²) in [5.74, 6) is 0. The summed E-state index contributed by atoms with van der Waals surface area (Å²) in [6, 6.07) is 0. The van der Waals surface area contributed by atoms with Crippen LogP contribution in [0.15, 0.2) is 0 Å². The Labute approximate surface area is 85.1 Å². The van der Waals surface area contributed by atoms with Crippen molar-refractivity contribution in [3.63, 3.8) is 0 Å². The summed E-state index contributed by atoms with van der Waals surface area (Å²) in [6.45, 7) is 14.2. The van der Waals surface area contributed by atoms with Gasteiger partial charge in [0, 0.05) is 0 Å². The number of hydrogen-bond acceptors (Lipinski definition) is 0. The van der Waals surface area contributed by atoms with Gasteiger partial charge in [-0.1, -0.05) is 60.8 Å². The van der Waals surface area contributed by atoms with Crippen molar-refractivity contribution < 1.29 is 0 Å². The van der Waals surface area contributed by atoms with Crippen molar-refractivity contribution in [2.45, 2.75) is 73.6 Å². The van der Waals surface area contributed by atoms with Crippen LogP contribution in [0.1, 0.15) is 73.6 Å². The molecule has 0 aromatic rings. The molecule has 0 aliphatic carbocycles. The van der Waals surface area contributed by atoms with E-state index in [1.165, 1.54) is 32.1 Å². The van der Waals surface area contributed by atoms with Gasteiger partial charge in [0.15, 0.2) is 0 Å². The van der Waals surface area contributed by atoms with Crippen LogP contribution >= 0.6 is 0 Å². The largest absolute Gasteiger partial charge is 0.0654 e. The number of hydrogen-bond donors (Lipinski definition) is 0. The zero-order valence-corrected chi connectivity index (χ0v) is 10.5. The fourth-order valence-electron chi connectivity index (χ4n) is 1.99. The molecule has 0 saturated heterocycles. The highest BCUT2D eigenvalue weighted by molar-refractivity contribution is 4.85. The topological polar surface area (TPSA) is 0 Å². The minimum Gasteiger partial charge on any atom is -0.0654 e. The first kappa shape index (κ1) is 13.0. The van der Waals surface area contributed by atoms with E-state index in [9.17, 15) is 0 Å². The van der Waals surface area contributed by atoms with Crippen molar-refractivity contribution in [1.82, 2.24) is 0 Å². The molecule has 80 valence electrons. The second-order valence-corrected chi connectivity index (χ2v) is 5.66. The van der Waals surface area contributed by atoms with Gasteiger partial charge in [0.05, 0.1) is 0 Å². The van der Waals surface area contributed by atoms with Crippen LogP contribution < -0.4 is 0 Å². The molecule has 0 aromatic carbocycles. The Morgan fingerprint density at radius 2 is 1.31 bits per heavy atom. The van der Waals surface area contributed by atoms with E-state index in [-0.39, 0.29) is 0 Å². The molecular weight excluding hydrogens is 156 g/mol. The Morgan fingerprint density at radius 3 is 1.62 bits per heavy atom. The van der Waals surface area contributed by atoms with E-state index in [1.807, 2.05) is 0 Å². The maximum Gasteiger partial charge on any atom is -0.0277 e. The summed E-state index contributed by atoms with van der Waals surface area (Å²) < 4.78 is 0. The van der Waals surface area contributed by atoms with Gasteiger partial charge in [-0.25, -0.2) is 0 Å². The second kappa shape index (κ2) is 5.02. The lowest BCUT2D eigenvalue weighted by molar-refractivity contribution is 0.0810. The van der Waals surface area contributed by atoms with Crippen molar-refractivity contribution in [3.05, 3.63) is 0 Å². The predicted octanol–water partition coefficient (Wildman–Crippen LogP) is 5.03. The molecule has 0 bridgehead atoms. The molecule has 0 aliphatic rings. The Morgan fingerprint density at radius 1 is 0.769 bits per heavy atom. The van der Waals surface area contributed by atoms with E-state index in [0.717, 1.165) is 0 Å². The van der Waals surface area contributed by atoms with Crippen LogP contribution in [0, 0.1) is 10.8 Å². The van der Waals surface area contributed by atoms with Crippen LogP contribution in [-0.4, -0.2) is 0 Å². The van der Waals surface area contributed by atoms with E-state index >= 15 is 0 Å². The standard InChI is InChI=1S/C13H28/c1-7-9-11-13(6,10-8-2)12(3,4)5/h7-11H2,1-6H3. The zero-order chi connectivity index (χ0) is 10.5. The molecular formula is C13H28. The normalized spacial score (nSPS) is 17.1. The van der Waals surface area contributed by atoms with Crippen LogP contribution in [0.3, 0.4) is 0 Å². The summed E-state index contributed by atoms with van der Waals surface area (Å²) in [5, 5.41) is 0. The van der Waals surface area contributed by atoms with Crippen LogP contribution in [0.5, 0.6) is 0 Å². The number of unbranched alkanes of at least 4 members (excludes halogenated alkanes) is 1. The van der Waals surface area contributed by atoms with Crippen molar-refractivity contribution in [1.29, 1.82) is 0 Å². The third kappa shape index (κ3) is 3.70. The summed E-state index contributed by atoms with van der Waals surface area (Å²) in [5.41, 5.74) is 0.996. The maximum absolute atomic E-state index is 2.46. The Bertz CT molecular complexity index is 129. The molecule has 0 N–H and O–H groups in total. The van der Waals surface area contributed by atoms with Crippen molar-refractivity contribution >= 4 is 0 Å². The minimum absolute atomic E-state index is 0.457. The molecule has 1 atom stereocenters. The minimum atomic E-state index is 0.457. The van der Waals surface area contributed by atoms with Crippen molar-refractivity contribution in [2.24, 2.45) is 10.8 Å². The van der Waals surface area contributed by atoms with Crippen LogP contribution in [0.2, 0.25) is 0 Å². The SMILES string of the molecule is CCCCC(C)(CCC)C(C)(C)C.